The first kappa shape index (κ1) is 15.8. The van der Waals surface area contributed by atoms with Gasteiger partial charge in [-0.25, -0.2) is 9.18 Å². The van der Waals surface area contributed by atoms with Crippen molar-refractivity contribution in [2.45, 2.75) is 6.92 Å². The van der Waals surface area contributed by atoms with E-state index in [2.05, 4.69) is 0 Å². The van der Waals surface area contributed by atoms with Crippen molar-refractivity contribution in [3.05, 3.63) is 71.6 Å². The lowest BCUT2D eigenvalue weighted by atomic mass is 9.97. The molecule has 0 saturated carbocycles. The minimum atomic E-state index is -0.461. The summed E-state index contributed by atoms with van der Waals surface area (Å²) in [6.45, 7) is 2.02. The van der Waals surface area contributed by atoms with E-state index in [4.69, 9.17) is 9.47 Å². The molecule has 2 aromatic rings. The Morgan fingerprint density at radius 3 is 2.45 bits per heavy atom. The maximum atomic E-state index is 13.5. The Hall–Kier alpha value is -2.62. The van der Waals surface area contributed by atoms with Crippen LogP contribution >= 0.6 is 0 Å². The number of hydrogen-bond donors (Lipinski definition) is 0. The quantitative estimate of drug-likeness (QED) is 0.622. The Morgan fingerprint density at radius 1 is 1.14 bits per heavy atom. The molecule has 0 aromatic heterocycles. The summed E-state index contributed by atoms with van der Waals surface area (Å²) in [6, 6.07) is 13.3. The fourth-order valence-corrected chi connectivity index (χ4v) is 2.06. The van der Waals surface area contributed by atoms with Crippen molar-refractivity contribution >= 4 is 11.5 Å². The van der Waals surface area contributed by atoms with Crippen LogP contribution in [0.25, 0.3) is 5.57 Å². The molecule has 0 radical (unpaired) electrons. The van der Waals surface area contributed by atoms with E-state index in [1.807, 2.05) is 12.1 Å². The second kappa shape index (κ2) is 7.41. The number of methoxy groups -OCH3 is 1. The molecule has 3 nitrogen and oxygen atoms in total. The lowest BCUT2D eigenvalue weighted by Gasteiger charge is -2.10. The van der Waals surface area contributed by atoms with E-state index in [9.17, 15) is 9.18 Å². The molecular weight excluding hydrogens is 283 g/mol. The standard InChI is InChI=1S/C18H17FO3/c1-3-22-18(20)12-17(14-5-4-6-15(19)11-14)13-7-9-16(21-2)10-8-13/h4-12H,3H2,1-2H3. The number of benzene rings is 2. The van der Waals surface area contributed by atoms with Gasteiger partial charge in [0.05, 0.1) is 13.7 Å². The van der Waals surface area contributed by atoms with Gasteiger partial charge in [0, 0.05) is 6.08 Å². The van der Waals surface area contributed by atoms with Crippen molar-refractivity contribution in [1.29, 1.82) is 0 Å². The Morgan fingerprint density at radius 2 is 1.86 bits per heavy atom. The molecule has 2 aromatic carbocycles. The Labute approximate surface area is 129 Å². The maximum absolute atomic E-state index is 13.5. The molecule has 0 aliphatic rings. The molecule has 0 bridgehead atoms. The SMILES string of the molecule is CCOC(=O)C=C(c1ccc(OC)cc1)c1cccc(F)c1. The van der Waals surface area contributed by atoms with Gasteiger partial charge in [0.2, 0.25) is 0 Å². The van der Waals surface area contributed by atoms with Gasteiger partial charge in [-0.2, -0.15) is 0 Å². The lowest BCUT2D eigenvalue weighted by molar-refractivity contribution is -0.137. The van der Waals surface area contributed by atoms with E-state index in [0.29, 0.717) is 16.9 Å². The third kappa shape index (κ3) is 3.95. The first-order valence-electron chi connectivity index (χ1n) is 6.93. The highest BCUT2D eigenvalue weighted by molar-refractivity contribution is 5.96. The summed E-state index contributed by atoms with van der Waals surface area (Å²) in [5.41, 5.74) is 1.98. The van der Waals surface area contributed by atoms with Gasteiger partial charge in [0.25, 0.3) is 0 Å². The van der Waals surface area contributed by atoms with Crippen LogP contribution in [0.15, 0.2) is 54.6 Å². The largest absolute Gasteiger partial charge is 0.497 e. The Kier molecular flexibility index (Phi) is 5.31. The Balaban J connectivity index is 2.47. The second-order valence-electron chi connectivity index (χ2n) is 4.55. The van der Waals surface area contributed by atoms with Crippen LogP contribution in [0.3, 0.4) is 0 Å². The summed E-state index contributed by atoms with van der Waals surface area (Å²) in [5, 5.41) is 0. The lowest BCUT2D eigenvalue weighted by Crippen LogP contribution is -2.02. The van der Waals surface area contributed by atoms with Crippen molar-refractivity contribution in [2.75, 3.05) is 13.7 Å². The topological polar surface area (TPSA) is 35.5 Å². The number of rotatable bonds is 5. The molecule has 0 saturated heterocycles. The number of carbonyl (C=O) groups is 1. The highest BCUT2D eigenvalue weighted by Gasteiger charge is 2.09. The normalized spacial score (nSPS) is 11.1. The average Bonchev–Trinajstić information content (AvgIpc) is 2.53. The molecule has 4 heteroatoms. The summed E-state index contributed by atoms with van der Waals surface area (Å²) in [4.78, 5) is 11.8. The molecule has 0 N–H and O–H groups in total. The van der Waals surface area contributed by atoms with Gasteiger partial charge in [-0.05, 0) is 47.9 Å². The zero-order valence-corrected chi connectivity index (χ0v) is 12.5. The molecule has 0 fully saturated rings. The zero-order valence-electron chi connectivity index (χ0n) is 12.5. The molecule has 0 unspecified atom stereocenters. The van der Waals surface area contributed by atoms with Gasteiger partial charge < -0.3 is 9.47 Å². The summed E-state index contributed by atoms with van der Waals surface area (Å²) >= 11 is 0. The van der Waals surface area contributed by atoms with Crippen LogP contribution in [0.4, 0.5) is 4.39 Å². The molecule has 0 atom stereocenters. The van der Waals surface area contributed by atoms with Crippen LogP contribution < -0.4 is 4.74 Å². The van der Waals surface area contributed by atoms with Gasteiger partial charge in [-0.3, -0.25) is 0 Å². The van der Waals surface area contributed by atoms with Crippen LogP contribution in [0.2, 0.25) is 0 Å². The summed E-state index contributed by atoms with van der Waals surface area (Å²) in [7, 11) is 1.58. The first-order valence-corrected chi connectivity index (χ1v) is 6.93. The molecule has 0 amide bonds. The highest BCUT2D eigenvalue weighted by Crippen LogP contribution is 2.26. The van der Waals surface area contributed by atoms with E-state index in [1.54, 1.807) is 38.3 Å². The van der Waals surface area contributed by atoms with Gasteiger partial charge in [0.15, 0.2) is 0 Å². The second-order valence-corrected chi connectivity index (χ2v) is 4.55. The first-order chi connectivity index (χ1) is 10.6. The third-order valence-corrected chi connectivity index (χ3v) is 3.09. The predicted octanol–water partition coefficient (Wildman–Crippen LogP) is 3.83. The van der Waals surface area contributed by atoms with Crippen molar-refractivity contribution in [3.63, 3.8) is 0 Å². The summed E-state index contributed by atoms with van der Waals surface area (Å²) in [5.74, 6) is -0.114. The fraction of sp³-hybridized carbons (Fsp3) is 0.167. The number of ether oxygens (including phenoxy) is 2. The van der Waals surface area contributed by atoms with E-state index in [0.717, 1.165) is 5.56 Å². The third-order valence-electron chi connectivity index (χ3n) is 3.09. The predicted molar refractivity (Wildman–Crippen MR) is 83.1 cm³/mol. The van der Waals surface area contributed by atoms with Crippen LogP contribution in [0.5, 0.6) is 5.75 Å². The fourth-order valence-electron chi connectivity index (χ4n) is 2.06. The van der Waals surface area contributed by atoms with Gasteiger partial charge in [0.1, 0.15) is 11.6 Å². The molecule has 0 heterocycles. The molecule has 0 spiro atoms. The van der Waals surface area contributed by atoms with Crippen LogP contribution in [0.1, 0.15) is 18.1 Å². The number of esters is 1. The smallest absolute Gasteiger partial charge is 0.331 e. The minimum absolute atomic E-state index is 0.286. The van der Waals surface area contributed by atoms with Gasteiger partial charge in [-0.15, -0.1) is 0 Å². The molecule has 2 rings (SSSR count). The van der Waals surface area contributed by atoms with E-state index in [1.165, 1.54) is 18.2 Å². The van der Waals surface area contributed by atoms with E-state index >= 15 is 0 Å². The van der Waals surface area contributed by atoms with Crippen molar-refractivity contribution in [3.8, 4) is 5.75 Å². The van der Waals surface area contributed by atoms with Crippen molar-refractivity contribution in [1.82, 2.24) is 0 Å². The summed E-state index contributed by atoms with van der Waals surface area (Å²) < 4.78 is 23.6. The molecule has 0 aliphatic carbocycles. The molecule has 114 valence electrons. The van der Waals surface area contributed by atoms with E-state index < -0.39 is 5.97 Å². The average molecular weight is 300 g/mol. The molecule has 0 aliphatic heterocycles. The number of halogens is 1. The minimum Gasteiger partial charge on any atom is -0.497 e. The van der Waals surface area contributed by atoms with Crippen LogP contribution in [-0.4, -0.2) is 19.7 Å². The van der Waals surface area contributed by atoms with Crippen molar-refractivity contribution < 1.29 is 18.7 Å². The monoisotopic (exact) mass is 300 g/mol. The molecular formula is C18H17FO3. The highest BCUT2D eigenvalue weighted by atomic mass is 19.1. The maximum Gasteiger partial charge on any atom is 0.331 e. The van der Waals surface area contributed by atoms with Gasteiger partial charge >= 0.3 is 5.97 Å². The molecule has 22 heavy (non-hydrogen) atoms. The number of carbonyl (C=O) groups excluding carboxylic acids is 1. The van der Waals surface area contributed by atoms with E-state index in [-0.39, 0.29) is 12.4 Å². The summed E-state index contributed by atoms with van der Waals surface area (Å²) in [6.07, 6.45) is 1.38. The van der Waals surface area contributed by atoms with Crippen molar-refractivity contribution in [2.24, 2.45) is 0 Å². The van der Waals surface area contributed by atoms with Crippen LogP contribution in [-0.2, 0) is 9.53 Å². The zero-order chi connectivity index (χ0) is 15.9. The van der Waals surface area contributed by atoms with Gasteiger partial charge in [-0.1, -0.05) is 24.3 Å². The Bertz CT molecular complexity index is 675. The number of hydrogen-bond acceptors (Lipinski definition) is 3. The van der Waals surface area contributed by atoms with Crippen LogP contribution in [0, 0.1) is 5.82 Å².